The number of halogens is 1. The van der Waals surface area contributed by atoms with Crippen molar-refractivity contribution >= 4 is 68.1 Å². The molecule has 3 fully saturated rings. The summed E-state index contributed by atoms with van der Waals surface area (Å²) >= 11 is 3.63. The molecule has 12 heteroatoms. The summed E-state index contributed by atoms with van der Waals surface area (Å²) in [7, 11) is -0.985. The smallest absolute Gasteiger partial charge is 0.229 e. The topological polar surface area (TPSA) is 108 Å². The van der Waals surface area contributed by atoms with Gasteiger partial charge in [-0.1, -0.05) is 13.0 Å². The summed E-state index contributed by atoms with van der Waals surface area (Å²) in [6.07, 6.45) is 7.36. The second-order valence-electron chi connectivity index (χ2n) is 13.6. The average Bonchev–Trinajstić information content (AvgIpc) is 3.95. The number of piperazine rings is 1. The summed E-state index contributed by atoms with van der Waals surface area (Å²) in [4.78, 5) is 19.5. The van der Waals surface area contributed by atoms with Crippen LogP contribution in [0.25, 0.3) is 10.9 Å². The Morgan fingerprint density at radius 3 is 2.44 bits per heavy atom. The second-order valence-corrected chi connectivity index (χ2v) is 17.6. The molecule has 0 atom stereocenters. The van der Waals surface area contributed by atoms with E-state index in [1.54, 1.807) is 26.6 Å². The van der Waals surface area contributed by atoms with Gasteiger partial charge >= 0.3 is 0 Å². The quantitative estimate of drug-likeness (QED) is 0.150. The van der Waals surface area contributed by atoms with Crippen LogP contribution < -0.4 is 30.9 Å². The number of aryl methyl sites for hydroxylation is 1. The monoisotopic (exact) mass is 732 g/mol. The normalized spacial score (nSPS) is 17.9. The zero-order chi connectivity index (χ0) is 33.4. The number of rotatable bonds is 10. The van der Waals surface area contributed by atoms with Gasteiger partial charge in [0.05, 0.1) is 28.5 Å². The molecule has 7 rings (SSSR count). The molecule has 0 unspecified atom stereocenters. The number of fused-ring (bicyclic) bond motifs is 1. The van der Waals surface area contributed by atoms with Gasteiger partial charge in [-0.3, -0.25) is 9.88 Å². The van der Waals surface area contributed by atoms with E-state index in [9.17, 15) is 4.57 Å². The van der Waals surface area contributed by atoms with Gasteiger partial charge in [0.15, 0.2) is 0 Å². The Bertz CT molecular complexity index is 1850. The van der Waals surface area contributed by atoms with Gasteiger partial charge < -0.3 is 30.2 Å². The van der Waals surface area contributed by atoms with E-state index in [0.717, 1.165) is 84.7 Å². The van der Waals surface area contributed by atoms with E-state index in [2.05, 4.69) is 77.9 Å². The third-order valence-corrected chi connectivity index (χ3v) is 12.0. The molecular formula is C36H46BrN8O2P. The van der Waals surface area contributed by atoms with E-state index < -0.39 is 7.14 Å². The van der Waals surface area contributed by atoms with Crippen LogP contribution in [0.1, 0.15) is 49.8 Å². The summed E-state index contributed by atoms with van der Waals surface area (Å²) < 4.78 is 20.3. The Labute approximate surface area is 292 Å². The molecule has 1 aliphatic carbocycles. The Kier molecular flexibility index (Phi) is 9.66. The Morgan fingerprint density at radius 1 is 0.979 bits per heavy atom. The Hall–Kier alpha value is -3.24. The van der Waals surface area contributed by atoms with E-state index in [1.807, 2.05) is 12.1 Å². The molecule has 2 aliphatic heterocycles. The first-order valence-corrected chi connectivity index (χ1v) is 20.6. The number of anilines is 5. The highest BCUT2D eigenvalue weighted by atomic mass is 79.9. The van der Waals surface area contributed by atoms with Gasteiger partial charge in [0.25, 0.3) is 0 Å². The number of methoxy groups -OCH3 is 1. The van der Waals surface area contributed by atoms with Gasteiger partial charge in [-0.05, 0) is 91.2 Å². The Morgan fingerprint density at radius 2 is 1.75 bits per heavy atom. The van der Waals surface area contributed by atoms with Gasteiger partial charge in [-0.25, -0.2) is 4.98 Å². The number of nitrogens with one attached hydrogen (secondary N) is 3. The van der Waals surface area contributed by atoms with Crippen LogP contribution in [-0.2, 0) is 11.0 Å². The molecule has 4 aromatic rings. The predicted octanol–water partition coefficient (Wildman–Crippen LogP) is 6.84. The SMILES string of the molecule is CCc1cc(Nc2ncc(Br)c(Nc3ccc4nc(C5CC5)ccc4c3P(C)(C)=O)n2)c(OC)cc1N1CCC(N2CCNCC2)CC1. The molecule has 254 valence electrons. The van der Waals surface area contributed by atoms with Crippen LogP contribution in [0.5, 0.6) is 5.75 Å². The lowest BCUT2D eigenvalue weighted by molar-refractivity contribution is 0.150. The number of pyridine rings is 1. The number of hydrogen-bond donors (Lipinski definition) is 3. The molecule has 0 radical (unpaired) electrons. The minimum Gasteiger partial charge on any atom is -0.494 e. The summed E-state index contributed by atoms with van der Waals surface area (Å²) in [5.74, 6) is 2.31. The van der Waals surface area contributed by atoms with Crippen LogP contribution in [0.15, 0.2) is 47.1 Å². The van der Waals surface area contributed by atoms with E-state index >= 15 is 0 Å². The minimum atomic E-state index is -2.69. The zero-order valence-corrected chi connectivity index (χ0v) is 30.8. The van der Waals surface area contributed by atoms with E-state index in [0.29, 0.717) is 28.2 Å². The highest BCUT2D eigenvalue weighted by Gasteiger charge is 2.28. The molecule has 0 spiro atoms. The molecule has 48 heavy (non-hydrogen) atoms. The van der Waals surface area contributed by atoms with Gasteiger partial charge in [-0.2, -0.15) is 4.98 Å². The van der Waals surface area contributed by atoms with Crippen LogP contribution in [0.3, 0.4) is 0 Å². The standard InChI is InChI=1S/C36H46BrN8O2P/c1-5-23-20-31(33(47-2)21-32(23)45-16-12-25(13-17-45)44-18-14-38-15-19-44)42-36-39-22-27(37)35(43-36)41-30-11-10-29-26(34(30)48(3,4)46)8-9-28(40-29)24-6-7-24/h8-11,20-22,24-25,38H,5-7,12-19H2,1-4H3,(H2,39,41,42,43). The van der Waals surface area contributed by atoms with Crippen LogP contribution >= 0.6 is 23.1 Å². The van der Waals surface area contributed by atoms with Crippen molar-refractivity contribution in [3.05, 3.63) is 58.3 Å². The van der Waals surface area contributed by atoms with Crippen molar-refractivity contribution in [1.29, 1.82) is 0 Å². The fourth-order valence-corrected chi connectivity index (χ4v) is 9.00. The van der Waals surface area contributed by atoms with Gasteiger partial charge in [0.2, 0.25) is 5.95 Å². The van der Waals surface area contributed by atoms with Crippen molar-refractivity contribution in [2.75, 3.05) is 75.2 Å². The largest absolute Gasteiger partial charge is 0.494 e. The van der Waals surface area contributed by atoms with Crippen molar-refractivity contribution in [2.45, 2.75) is 51.0 Å². The number of aromatic nitrogens is 3. The molecular weight excluding hydrogens is 687 g/mol. The van der Waals surface area contributed by atoms with Gasteiger partial charge in [-0.15, -0.1) is 0 Å². The number of benzene rings is 2. The van der Waals surface area contributed by atoms with Crippen LogP contribution in [0, 0.1) is 0 Å². The van der Waals surface area contributed by atoms with Gasteiger partial charge in [0, 0.05) is 85.6 Å². The lowest BCUT2D eigenvalue weighted by atomic mass is 9.99. The molecule has 10 nitrogen and oxygen atoms in total. The number of piperidine rings is 1. The van der Waals surface area contributed by atoms with E-state index in [4.69, 9.17) is 14.7 Å². The third kappa shape index (κ3) is 7.06. The zero-order valence-electron chi connectivity index (χ0n) is 28.4. The maximum absolute atomic E-state index is 13.7. The summed E-state index contributed by atoms with van der Waals surface area (Å²) in [6.45, 7) is 12.4. The molecule has 2 aromatic heterocycles. The lowest BCUT2D eigenvalue weighted by Gasteiger charge is -2.41. The lowest BCUT2D eigenvalue weighted by Crippen LogP contribution is -2.52. The highest BCUT2D eigenvalue weighted by Crippen LogP contribution is 2.44. The first-order valence-electron chi connectivity index (χ1n) is 17.2. The minimum absolute atomic E-state index is 0.430. The van der Waals surface area contributed by atoms with Crippen LogP contribution in [0.4, 0.5) is 28.8 Å². The van der Waals surface area contributed by atoms with E-state index in [-0.39, 0.29) is 0 Å². The highest BCUT2D eigenvalue weighted by molar-refractivity contribution is 9.10. The number of ether oxygens (including phenoxy) is 1. The van der Waals surface area contributed by atoms with Crippen LogP contribution in [0.2, 0.25) is 0 Å². The third-order valence-electron chi connectivity index (χ3n) is 9.90. The van der Waals surface area contributed by atoms with Crippen molar-refractivity contribution in [1.82, 2.24) is 25.2 Å². The van der Waals surface area contributed by atoms with Crippen molar-refractivity contribution in [3.63, 3.8) is 0 Å². The molecule has 3 N–H and O–H groups in total. The molecule has 2 aromatic carbocycles. The second kappa shape index (κ2) is 13.9. The van der Waals surface area contributed by atoms with Crippen molar-refractivity contribution in [2.24, 2.45) is 0 Å². The maximum atomic E-state index is 13.7. The molecule has 4 heterocycles. The molecule has 0 bridgehead atoms. The first-order chi connectivity index (χ1) is 23.2. The molecule has 3 aliphatic rings. The Balaban J connectivity index is 1.13. The fraction of sp³-hybridized carbons (Fsp3) is 0.472. The van der Waals surface area contributed by atoms with Crippen molar-refractivity contribution < 1.29 is 9.30 Å². The first kappa shape index (κ1) is 33.3. The van der Waals surface area contributed by atoms with Gasteiger partial charge in [0.1, 0.15) is 18.7 Å². The van der Waals surface area contributed by atoms with Crippen molar-refractivity contribution in [3.8, 4) is 5.75 Å². The number of nitrogens with zero attached hydrogens (tertiary/aromatic N) is 5. The molecule has 2 saturated heterocycles. The average molecular weight is 734 g/mol. The summed E-state index contributed by atoms with van der Waals surface area (Å²) in [6, 6.07) is 13.1. The number of hydrogen-bond acceptors (Lipinski definition) is 10. The predicted molar refractivity (Wildman–Crippen MR) is 201 cm³/mol. The van der Waals surface area contributed by atoms with Crippen LogP contribution in [-0.4, -0.2) is 85.6 Å². The molecule has 0 amide bonds. The maximum Gasteiger partial charge on any atom is 0.229 e. The summed E-state index contributed by atoms with van der Waals surface area (Å²) in [5.41, 5.74) is 6.06. The van der Waals surface area contributed by atoms with E-state index in [1.165, 1.54) is 36.9 Å². The molecule has 1 saturated carbocycles. The summed E-state index contributed by atoms with van der Waals surface area (Å²) in [5, 5.41) is 12.0. The fourth-order valence-electron chi connectivity index (χ4n) is 7.23.